The average molecular weight is 242 g/mol. The number of pyridine rings is 1. The van der Waals surface area contributed by atoms with Crippen molar-refractivity contribution in [1.82, 2.24) is 20.5 Å². The number of amides is 1. The predicted molar refractivity (Wildman–Crippen MR) is 68.4 cm³/mol. The van der Waals surface area contributed by atoms with Crippen LogP contribution in [0.15, 0.2) is 43.0 Å². The maximum atomic E-state index is 11.7. The second-order valence-electron chi connectivity index (χ2n) is 3.88. The third kappa shape index (κ3) is 3.28. The number of H-pyrrole nitrogens is 1. The molecule has 1 amide bonds. The van der Waals surface area contributed by atoms with Gasteiger partial charge in [-0.1, -0.05) is 6.07 Å². The Balaban J connectivity index is 1.91. The molecule has 0 saturated heterocycles. The Morgan fingerprint density at radius 1 is 1.50 bits per heavy atom. The largest absolute Gasteiger partial charge is 0.346 e. The highest BCUT2D eigenvalue weighted by atomic mass is 16.1. The van der Waals surface area contributed by atoms with Crippen molar-refractivity contribution in [3.63, 3.8) is 0 Å². The highest BCUT2D eigenvalue weighted by molar-refractivity contribution is 5.91. The monoisotopic (exact) mass is 242 g/mol. The van der Waals surface area contributed by atoms with E-state index in [1.165, 1.54) is 6.08 Å². The molecule has 0 aliphatic heterocycles. The van der Waals surface area contributed by atoms with E-state index in [1.807, 2.05) is 19.1 Å². The molecule has 0 aromatic carbocycles. The van der Waals surface area contributed by atoms with Crippen LogP contribution in [-0.4, -0.2) is 21.1 Å². The number of nitrogens with one attached hydrogen (secondary N) is 2. The molecule has 5 heteroatoms. The van der Waals surface area contributed by atoms with Gasteiger partial charge in [-0.05, 0) is 24.6 Å². The number of aromatic amines is 1. The Kier molecular flexibility index (Phi) is 3.86. The molecule has 0 bridgehead atoms. The van der Waals surface area contributed by atoms with Gasteiger partial charge in [0.2, 0.25) is 5.91 Å². The molecule has 1 atom stereocenters. The molecule has 2 N–H and O–H groups in total. The van der Waals surface area contributed by atoms with E-state index in [4.69, 9.17) is 0 Å². The summed E-state index contributed by atoms with van der Waals surface area (Å²) >= 11 is 0. The van der Waals surface area contributed by atoms with Crippen molar-refractivity contribution in [2.24, 2.45) is 0 Å². The lowest BCUT2D eigenvalue weighted by Crippen LogP contribution is -2.24. The van der Waals surface area contributed by atoms with E-state index >= 15 is 0 Å². The number of carbonyl (C=O) groups is 1. The summed E-state index contributed by atoms with van der Waals surface area (Å²) in [4.78, 5) is 15.6. The fraction of sp³-hybridized carbons (Fsp3) is 0.154. The van der Waals surface area contributed by atoms with Crippen molar-refractivity contribution < 1.29 is 4.79 Å². The molecule has 2 aromatic rings. The van der Waals surface area contributed by atoms with Gasteiger partial charge >= 0.3 is 0 Å². The summed E-state index contributed by atoms with van der Waals surface area (Å²) in [5.41, 5.74) is 1.83. The second kappa shape index (κ2) is 5.77. The van der Waals surface area contributed by atoms with Crippen molar-refractivity contribution in [3.05, 3.63) is 54.1 Å². The number of aromatic nitrogens is 3. The Morgan fingerprint density at radius 3 is 3.06 bits per heavy atom. The predicted octanol–water partition coefficient (Wildman–Crippen LogP) is 1.70. The van der Waals surface area contributed by atoms with E-state index in [2.05, 4.69) is 20.5 Å². The van der Waals surface area contributed by atoms with E-state index in [0.29, 0.717) is 0 Å². The van der Waals surface area contributed by atoms with Crippen molar-refractivity contribution in [2.75, 3.05) is 0 Å². The van der Waals surface area contributed by atoms with Crippen LogP contribution in [0.25, 0.3) is 6.08 Å². The molecule has 92 valence electrons. The molecule has 0 aliphatic rings. The van der Waals surface area contributed by atoms with Gasteiger partial charge in [0.15, 0.2) is 0 Å². The summed E-state index contributed by atoms with van der Waals surface area (Å²) in [6.07, 6.45) is 10.1. The lowest BCUT2D eigenvalue weighted by atomic mass is 10.2. The second-order valence-corrected chi connectivity index (χ2v) is 3.88. The van der Waals surface area contributed by atoms with Crippen LogP contribution in [0.4, 0.5) is 0 Å². The number of nitrogens with zero attached hydrogens (tertiary/aromatic N) is 2. The minimum absolute atomic E-state index is 0.0743. The van der Waals surface area contributed by atoms with Gasteiger partial charge in [-0.25, -0.2) is 0 Å². The Labute approximate surface area is 105 Å². The zero-order valence-electron chi connectivity index (χ0n) is 10.00. The quantitative estimate of drug-likeness (QED) is 0.801. The van der Waals surface area contributed by atoms with E-state index < -0.39 is 0 Å². The van der Waals surface area contributed by atoms with Gasteiger partial charge in [0.1, 0.15) is 0 Å². The smallest absolute Gasteiger partial charge is 0.244 e. The van der Waals surface area contributed by atoms with Crippen LogP contribution in [0.5, 0.6) is 0 Å². The van der Waals surface area contributed by atoms with Crippen LogP contribution >= 0.6 is 0 Å². The first-order valence-corrected chi connectivity index (χ1v) is 5.63. The molecule has 18 heavy (non-hydrogen) atoms. The van der Waals surface area contributed by atoms with Crippen molar-refractivity contribution in [2.45, 2.75) is 13.0 Å². The average Bonchev–Trinajstić information content (AvgIpc) is 2.91. The van der Waals surface area contributed by atoms with Gasteiger partial charge in [-0.15, -0.1) is 0 Å². The molecule has 1 unspecified atom stereocenters. The molecular formula is C13H14N4O. The minimum atomic E-state index is -0.146. The third-order valence-electron chi connectivity index (χ3n) is 2.49. The molecule has 0 spiro atoms. The lowest BCUT2D eigenvalue weighted by Gasteiger charge is -2.09. The van der Waals surface area contributed by atoms with Gasteiger partial charge < -0.3 is 5.32 Å². The molecular weight excluding hydrogens is 228 g/mol. The maximum absolute atomic E-state index is 11.7. The van der Waals surface area contributed by atoms with Crippen LogP contribution in [-0.2, 0) is 4.79 Å². The first kappa shape index (κ1) is 12.0. The van der Waals surface area contributed by atoms with Crippen LogP contribution < -0.4 is 5.32 Å². The number of hydrogen-bond donors (Lipinski definition) is 2. The topological polar surface area (TPSA) is 70.7 Å². The number of rotatable bonds is 4. The Hall–Kier alpha value is -2.43. The van der Waals surface area contributed by atoms with Crippen molar-refractivity contribution in [3.8, 4) is 0 Å². The Morgan fingerprint density at radius 2 is 2.39 bits per heavy atom. The fourth-order valence-electron chi connectivity index (χ4n) is 1.49. The van der Waals surface area contributed by atoms with Crippen molar-refractivity contribution in [1.29, 1.82) is 0 Å². The van der Waals surface area contributed by atoms with Gasteiger partial charge in [0.05, 0.1) is 12.2 Å². The highest BCUT2D eigenvalue weighted by Gasteiger charge is 2.07. The zero-order chi connectivity index (χ0) is 12.8. The fourth-order valence-corrected chi connectivity index (χ4v) is 1.49. The summed E-state index contributed by atoms with van der Waals surface area (Å²) < 4.78 is 0. The first-order chi connectivity index (χ1) is 8.75. The zero-order valence-corrected chi connectivity index (χ0v) is 10.00. The first-order valence-electron chi connectivity index (χ1n) is 5.63. The molecule has 0 radical (unpaired) electrons. The molecule has 0 aliphatic carbocycles. The van der Waals surface area contributed by atoms with Gasteiger partial charge in [-0.2, -0.15) is 5.10 Å². The van der Waals surface area contributed by atoms with Crippen LogP contribution in [0.1, 0.15) is 24.1 Å². The normalized spacial score (nSPS) is 12.5. The van der Waals surface area contributed by atoms with Gasteiger partial charge in [-0.3, -0.25) is 14.9 Å². The highest BCUT2D eigenvalue weighted by Crippen LogP contribution is 2.08. The van der Waals surface area contributed by atoms with Crippen LogP contribution in [0.3, 0.4) is 0 Å². The summed E-state index contributed by atoms with van der Waals surface area (Å²) in [6.45, 7) is 1.90. The van der Waals surface area contributed by atoms with E-state index in [0.717, 1.165) is 11.1 Å². The minimum Gasteiger partial charge on any atom is -0.346 e. The number of carbonyl (C=O) groups excluding carboxylic acids is 1. The molecule has 2 heterocycles. The number of hydrogen-bond acceptors (Lipinski definition) is 3. The summed E-state index contributed by atoms with van der Waals surface area (Å²) in [5.74, 6) is -0.146. The van der Waals surface area contributed by atoms with Gasteiger partial charge in [0, 0.05) is 30.2 Å². The van der Waals surface area contributed by atoms with Crippen molar-refractivity contribution >= 4 is 12.0 Å². The van der Waals surface area contributed by atoms with Crippen LogP contribution in [0.2, 0.25) is 0 Å². The Bertz CT molecular complexity index is 519. The van der Waals surface area contributed by atoms with E-state index in [-0.39, 0.29) is 11.9 Å². The molecule has 0 saturated carbocycles. The summed E-state index contributed by atoms with van der Waals surface area (Å²) in [6, 6.07) is 3.64. The summed E-state index contributed by atoms with van der Waals surface area (Å²) in [5, 5.41) is 9.40. The van der Waals surface area contributed by atoms with E-state index in [9.17, 15) is 4.79 Å². The lowest BCUT2D eigenvalue weighted by molar-refractivity contribution is -0.117. The van der Waals surface area contributed by atoms with Gasteiger partial charge in [0.25, 0.3) is 0 Å². The molecule has 2 aromatic heterocycles. The third-order valence-corrected chi connectivity index (χ3v) is 2.49. The molecule has 2 rings (SSSR count). The van der Waals surface area contributed by atoms with E-state index in [1.54, 1.807) is 30.9 Å². The molecule has 0 fully saturated rings. The standard InChI is InChI=1S/C13H14N4O/c1-10(12-8-15-16-9-12)17-13(18)5-4-11-3-2-6-14-7-11/h2-10H,1H3,(H,15,16)(H,17,18)/b5-4+. The van der Waals surface area contributed by atoms with Crippen LogP contribution in [0, 0.1) is 0 Å². The molecule has 5 nitrogen and oxygen atoms in total. The maximum Gasteiger partial charge on any atom is 0.244 e. The summed E-state index contributed by atoms with van der Waals surface area (Å²) in [7, 11) is 0. The SMILES string of the molecule is CC(NC(=O)/C=C/c1cccnc1)c1cn[nH]c1.